The Morgan fingerprint density at radius 1 is 1.25 bits per heavy atom. The quantitative estimate of drug-likeness (QED) is 0.803. The highest BCUT2D eigenvalue weighted by Crippen LogP contribution is 2.37. The molecule has 0 N–H and O–H groups in total. The zero-order chi connectivity index (χ0) is 14.1. The van der Waals surface area contributed by atoms with Crippen LogP contribution >= 0.6 is 11.6 Å². The van der Waals surface area contributed by atoms with Gasteiger partial charge < -0.3 is 9.64 Å². The van der Waals surface area contributed by atoms with E-state index in [9.17, 15) is 9.18 Å². The molecule has 2 fully saturated rings. The van der Waals surface area contributed by atoms with Gasteiger partial charge in [0.1, 0.15) is 23.6 Å². The minimum Gasteiger partial charge on any atom is -0.490 e. The smallest absolute Gasteiger partial charge is 0.237 e. The van der Waals surface area contributed by atoms with Crippen molar-refractivity contribution in [2.75, 3.05) is 5.88 Å². The largest absolute Gasteiger partial charge is 0.490 e. The van der Waals surface area contributed by atoms with E-state index in [-0.39, 0.29) is 35.8 Å². The molecular weight excluding hydrogens is 281 g/mol. The second-order valence-corrected chi connectivity index (χ2v) is 5.75. The van der Waals surface area contributed by atoms with Gasteiger partial charge in [0.05, 0.1) is 0 Å². The summed E-state index contributed by atoms with van der Waals surface area (Å²) in [5.41, 5.74) is 0. The van der Waals surface area contributed by atoms with E-state index in [1.165, 1.54) is 12.1 Å². The molecule has 2 aliphatic heterocycles. The molecule has 1 aromatic carbocycles. The Morgan fingerprint density at radius 2 is 1.85 bits per heavy atom. The molecule has 3 atom stereocenters. The van der Waals surface area contributed by atoms with Crippen molar-refractivity contribution in [1.82, 2.24) is 4.90 Å². The standard InChI is InChI=1S/C15H17ClFNO2/c16-9-15(19)18-11-3-4-12(18)8-14(7-11)20-13-5-1-10(17)2-6-13/h1-2,5-6,11-12,14H,3-4,7-9H2/t11-,12+,14?. The van der Waals surface area contributed by atoms with Crippen LogP contribution in [-0.4, -0.2) is 34.9 Å². The van der Waals surface area contributed by atoms with Crippen LogP contribution in [0.25, 0.3) is 0 Å². The van der Waals surface area contributed by atoms with Crippen LogP contribution < -0.4 is 4.74 Å². The zero-order valence-electron chi connectivity index (χ0n) is 11.1. The number of hydrogen-bond donors (Lipinski definition) is 0. The maximum atomic E-state index is 12.9. The van der Waals surface area contributed by atoms with Gasteiger partial charge in [0.15, 0.2) is 0 Å². The van der Waals surface area contributed by atoms with Gasteiger partial charge in [-0.2, -0.15) is 0 Å². The van der Waals surface area contributed by atoms with Gasteiger partial charge in [0, 0.05) is 24.9 Å². The summed E-state index contributed by atoms with van der Waals surface area (Å²) < 4.78 is 18.8. The Kier molecular flexibility index (Phi) is 3.83. The molecule has 0 spiro atoms. The number of ether oxygens (including phenoxy) is 1. The lowest BCUT2D eigenvalue weighted by atomic mass is 9.99. The molecular formula is C15H17ClFNO2. The molecule has 1 unspecified atom stereocenters. The first-order valence-corrected chi connectivity index (χ1v) is 7.50. The predicted molar refractivity (Wildman–Crippen MR) is 74.4 cm³/mol. The molecule has 108 valence electrons. The number of halogens is 2. The molecule has 0 aliphatic carbocycles. The zero-order valence-corrected chi connectivity index (χ0v) is 11.9. The van der Waals surface area contributed by atoms with E-state index >= 15 is 0 Å². The van der Waals surface area contributed by atoms with Crippen molar-refractivity contribution in [2.45, 2.75) is 43.9 Å². The molecule has 0 saturated carbocycles. The summed E-state index contributed by atoms with van der Waals surface area (Å²) in [5.74, 6) is 0.503. The highest BCUT2D eigenvalue weighted by Gasteiger charge is 2.43. The molecule has 3 rings (SSSR count). The predicted octanol–water partition coefficient (Wildman–Crippen LogP) is 2.97. The van der Waals surface area contributed by atoms with Gasteiger partial charge in [-0.3, -0.25) is 4.79 Å². The molecule has 0 aromatic heterocycles. The number of alkyl halides is 1. The number of hydrogen-bond acceptors (Lipinski definition) is 2. The Balaban J connectivity index is 1.65. The van der Waals surface area contributed by atoms with Gasteiger partial charge in [-0.25, -0.2) is 4.39 Å². The molecule has 0 radical (unpaired) electrons. The second kappa shape index (κ2) is 5.60. The highest BCUT2D eigenvalue weighted by atomic mass is 35.5. The molecule has 3 nitrogen and oxygen atoms in total. The van der Waals surface area contributed by atoms with E-state index < -0.39 is 0 Å². The number of fused-ring (bicyclic) bond motifs is 2. The summed E-state index contributed by atoms with van der Waals surface area (Å²) in [7, 11) is 0. The van der Waals surface area contributed by atoms with Gasteiger partial charge in [-0.05, 0) is 37.1 Å². The lowest BCUT2D eigenvalue weighted by Crippen LogP contribution is -2.49. The fourth-order valence-corrected chi connectivity index (χ4v) is 3.54. The van der Waals surface area contributed by atoms with Crippen LogP contribution in [0.5, 0.6) is 5.75 Å². The molecule has 2 aliphatic rings. The van der Waals surface area contributed by atoms with Crippen molar-refractivity contribution in [3.8, 4) is 5.75 Å². The average Bonchev–Trinajstić information content (AvgIpc) is 2.72. The Bertz CT molecular complexity index is 479. The molecule has 20 heavy (non-hydrogen) atoms. The summed E-state index contributed by atoms with van der Waals surface area (Å²) >= 11 is 5.67. The molecule has 2 bridgehead atoms. The fourth-order valence-electron chi connectivity index (χ4n) is 3.41. The molecule has 2 saturated heterocycles. The van der Waals surface area contributed by atoms with Crippen molar-refractivity contribution in [2.24, 2.45) is 0 Å². The first-order chi connectivity index (χ1) is 9.67. The Labute approximate surface area is 122 Å². The van der Waals surface area contributed by atoms with Crippen molar-refractivity contribution in [3.05, 3.63) is 30.1 Å². The summed E-state index contributed by atoms with van der Waals surface area (Å²) in [6.45, 7) is 0. The van der Waals surface area contributed by atoms with Crippen molar-refractivity contribution in [3.63, 3.8) is 0 Å². The number of piperidine rings is 1. The van der Waals surface area contributed by atoms with Crippen LogP contribution in [0.2, 0.25) is 0 Å². The van der Waals surface area contributed by atoms with Crippen molar-refractivity contribution in [1.29, 1.82) is 0 Å². The second-order valence-electron chi connectivity index (χ2n) is 5.48. The molecule has 1 amide bonds. The van der Waals surface area contributed by atoms with Gasteiger partial charge in [0.2, 0.25) is 5.91 Å². The van der Waals surface area contributed by atoms with Gasteiger partial charge in [-0.1, -0.05) is 0 Å². The van der Waals surface area contributed by atoms with Crippen LogP contribution in [0.15, 0.2) is 24.3 Å². The third kappa shape index (κ3) is 2.62. The third-order valence-corrected chi connectivity index (χ3v) is 4.44. The normalized spacial score (nSPS) is 28.5. The first kappa shape index (κ1) is 13.7. The molecule has 1 aromatic rings. The van der Waals surface area contributed by atoms with Gasteiger partial charge >= 0.3 is 0 Å². The summed E-state index contributed by atoms with van der Waals surface area (Å²) in [6.07, 6.45) is 3.80. The van der Waals surface area contributed by atoms with Crippen LogP contribution in [-0.2, 0) is 4.79 Å². The van der Waals surface area contributed by atoms with Crippen LogP contribution in [0.1, 0.15) is 25.7 Å². The summed E-state index contributed by atoms with van der Waals surface area (Å²) in [6, 6.07) is 6.57. The average molecular weight is 298 g/mol. The lowest BCUT2D eigenvalue weighted by Gasteiger charge is -2.38. The number of rotatable bonds is 3. The van der Waals surface area contributed by atoms with Gasteiger partial charge in [0.25, 0.3) is 0 Å². The minimum atomic E-state index is -0.264. The van der Waals surface area contributed by atoms with Crippen LogP contribution in [0, 0.1) is 5.82 Å². The summed E-state index contributed by atoms with van der Waals surface area (Å²) in [5, 5.41) is 0. The number of carbonyl (C=O) groups excluding carboxylic acids is 1. The van der Waals surface area contributed by atoms with Crippen LogP contribution in [0.3, 0.4) is 0 Å². The summed E-state index contributed by atoms with van der Waals surface area (Å²) in [4.78, 5) is 13.8. The van der Waals surface area contributed by atoms with E-state index in [2.05, 4.69) is 0 Å². The topological polar surface area (TPSA) is 29.5 Å². The minimum absolute atomic E-state index is 0.0272. The van der Waals surface area contributed by atoms with Crippen molar-refractivity contribution < 1.29 is 13.9 Å². The van der Waals surface area contributed by atoms with E-state index in [0.29, 0.717) is 5.75 Å². The van der Waals surface area contributed by atoms with E-state index in [1.807, 2.05) is 4.90 Å². The maximum absolute atomic E-state index is 12.9. The van der Waals surface area contributed by atoms with E-state index in [0.717, 1.165) is 25.7 Å². The number of nitrogens with zero attached hydrogens (tertiary/aromatic N) is 1. The SMILES string of the molecule is O=C(CCl)N1[C@@H]2CC[C@H]1CC(Oc1ccc(F)cc1)C2. The van der Waals surface area contributed by atoms with Gasteiger partial charge in [-0.15, -0.1) is 11.6 Å². The molecule has 5 heteroatoms. The highest BCUT2D eigenvalue weighted by molar-refractivity contribution is 6.27. The van der Waals surface area contributed by atoms with E-state index in [1.54, 1.807) is 12.1 Å². The first-order valence-electron chi connectivity index (χ1n) is 6.96. The maximum Gasteiger partial charge on any atom is 0.237 e. The number of carbonyl (C=O) groups is 1. The third-order valence-electron chi connectivity index (χ3n) is 4.21. The fraction of sp³-hybridized carbons (Fsp3) is 0.533. The van der Waals surface area contributed by atoms with Crippen molar-refractivity contribution >= 4 is 17.5 Å². The molecule has 2 heterocycles. The Morgan fingerprint density at radius 3 is 2.40 bits per heavy atom. The Hall–Kier alpha value is -1.29. The number of amides is 1. The van der Waals surface area contributed by atoms with Crippen LogP contribution in [0.4, 0.5) is 4.39 Å². The van der Waals surface area contributed by atoms with E-state index in [4.69, 9.17) is 16.3 Å². The monoisotopic (exact) mass is 297 g/mol. The number of benzene rings is 1. The lowest BCUT2D eigenvalue weighted by molar-refractivity contribution is -0.134.